The summed E-state index contributed by atoms with van der Waals surface area (Å²) in [5.41, 5.74) is 0.0816. The van der Waals surface area contributed by atoms with Crippen molar-refractivity contribution in [2.75, 3.05) is 13.2 Å². The molecule has 0 aromatic carbocycles. The van der Waals surface area contributed by atoms with Crippen molar-refractivity contribution in [3.05, 3.63) is 29.6 Å². The summed E-state index contributed by atoms with van der Waals surface area (Å²) < 4.78 is 0. The molecule has 0 radical (unpaired) electrons. The summed E-state index contributed by atoms with van der Waals surface area (Å²) in [6.45, 7) is 3.72. The topological polar surface area (TPSA) is 90.7 Å². The highest BCUT2D eigenvalue weighted by Crippen LogP contribution is 2.09. The molecule has 2 N–H and O–H groups in total. The first-order valence-electron chi connectivity index (χ1n) is 5.58. The monoisotopic (exact) mass is 252 g/mol. The third-order valence-electron chi connectivity index (χ3n) is 2.45. The third-order valence-corrected chi connectivity index (χ3v) is 2.45. The zero-order chi connectivity index (χ0) is 13.7. The molecule has 1 amide bonds. The minimum atomic E-state index is -1.18. The molecule has 0 aliphatic heterocycles. The summed E-state index contributed by atoms with van der Waals surface area (Å²) in [6, 6.07) is 2.62. The van der Waals surface area contributed by atoms with Crippen LogP contribution in [0.5, 0.6) is 0 Å². The number of aliphatic hydroxyl groups excluding tert-OH is 1. The molecule has 1 aromatic heterocycles. The molecule has 0 fully saturated rings. The van der Waals surface area contributed by atoms with Gasteiger partial charge in [0.15, 0.2) is 0 Å². The van der Waals surface area contributed by atoms with Crippen LogP contribution in [0.4, 0.5) is 0 Å². The molecular formula is C12H16N2O4. The van der Waals surface area contributed by atoms with Crippen LogP contribution in [0.1, 0.15) is 34.7 Å². The largest absolute Gasteiger partial charge is 0.477 e. The second-order valence-electron chi connectivity index (χ2n) is 4.05. The van der Waals surface area contributed by atoms with Crippen molar-refractivity contribution in [1.29, 1.82) is 0 Å². The number of carbonyl (C=O) groups excluding carboxylic acids is 1. The normalized spacial score (nSPS) is 10.4. The van der Waals surface area contributed by atoms with E-state index >= 15 is 0 Å². The van der Waals surface area contributed by atoms with Crippen LogP contribution >= 0.6 is 0 Å². The SMILES string of the molecule is CC(C)N(CCO)C(=O)c1ccnc(C(=O)O)c1. The molecule has 1 rings (SSSR count). The summed E-state index contributed by atoms with van der Waals surface area (Å²) in [6.07, 6.45) is 1.29. The van der Waals surface area contributed by atoms with E-state index in [0.29, 0.717) is 0 Å². The fraction of sp³-hybridized carbons (Fsp3) is 0.417. The minimum absolute atomic E-state index is 0.0777. The standard InChI is InChI=1S/C12H16N2O4/c1-8(2)14(5-6-15)11(16)9-3-4-13-10(7-9)12(17)18/h3-4,7-8,15H,5-6H2,1-2H3,(H,17,18). The van der Waals surface area contributed by atoms with E-state index in [4.69, 9.17) is 10.2 Å². The van der Waals surface area contributed by atoms with E-state index in [0.717, 1.165) is 0 Å². The number of hydrogen-bond acceptors (Lipinski definition) is 4. The molecule has 0 atom stereocenters. The number of carbonyl (C=O) groups is 2. The van der Waals surface area contributed by atoms with Crippen LogP contribution in [0.3, 0.4) is 0 Å². The number of aromatic carboxylic acids is 1. The van der Waals surface area contributed by atoms with Gasteiger partial charge >= 0.3 is 5.97 Å². The van der Waals surface area contributed by atoms with Crippen LogP contribution in [-0.4, -0.2) is 51.2 Å². The summed E-state index contributed by atoms with van der Waals surface area (Å²) in [5, 5.41) is 17.7. The molecule has 0 bridgehead atoms. The number of nitrogens with zero attached hydrogens (tertiary/aromatic N) is 2. The molecule has 1 heterocycles. The van der Waals surface area contributed by atoms with E-state index < -0.39 is 5.97 Å². The Morgan fingerprint density at radius 3 is 2.61 bits per heavy atom. The number of carboxylic acid groups (broad SMARTS) is 1. The van der Waals surface area contributed by atoms with Gasteiger partial charge in [-0.1, -0.05) is 0 Å². The second kappa shape index (κ2) is 6.11. The van der Waals surface area contributed by atoms with Crippen LogP contribution in [-0.2, 0) is 0 Å². The quantitative estimate of drug-likeness (QED) is 0.801. The number of amides is 1. The Labute approximate surface area is 105 Å². The van der Waals surface area contributed by atoms with E-state index in [9.17, 15) is 9.59 Å². The molecule has 0 saturated carbocycles. The summed E-state index contributed by atoms with van der Waals surface area (Å²) >= 11 is 0. The van der Waals surface area contributed by atoms with E-state index in [1.165, 1.54) is 23.2 Å². The Morgan fingerprint density at radius 2 is 2.11 bits per heavy atom. The van der Waals surface area contributed by atoms with Gasteiger partial charge in [0.25, 0.3) is 5.91 Å². The minimum Gasteiger partial charge on any atom is -0.477 e. The Hall–Kier alpha value is -1.95. The van der Waals surface area contributed by atoms with Crippen molar-refractivity contribution < 1.29 is 19.8 Å². The molecule has 98 valence electrons. The van der Waals surface area contributed by atoms with Gasteiger partial charge in [0.1, 0.15) is 5.69 Å². The summed E-state index contributed by atoms with van der Waals surface area (Å²) in [5.74, 6) is -1.49. The third kappa shape index (κ3) is 3.27. The Morgan fingerprint density at radius 1 is 1.44 bits per heavy atom. The van der Waals surface area contributed by atoms with Gasteiger partial charge in [-0.05, 0) is 26.0 Å². The van der Waals surface area contributed by atoms with Crippen molar-refractivity contribution in [3.8, 4) is 0 Å². The molecule has 18 heavy (non-hydrogen) atoms. The van der Waals surface area contributed by atoms with Crippen LogP contribution in [0.2, 0.25) is 0 Å². The molecule has 0 unspecified atom stereocenters. The first-order valence-corrected chi connectivity index (χ1v) is 5.58. The number of aromatic nitrogens is 1. The van der Waals surface area contributed by atoms with E-state index in [1.807, 2.05) is 13.8 Å². The first kappa shape index (κ1) is 14.1. The lowest BCUT2D eigenvalue weighted by Gasteiger charge is -2.26. The zero-order valence-electron chi connectivity index (χ0n) is 10.3. The van der Waals surface area contributed by atoms with Gasteiger partial charge in [-0.3, -0.25) is 4.79 Å². The number of aliphatic hydroxyl groups is 1. The smallest absolute Gasteiger partial charge is 0.354 e. The Kier molecular flexibility index (Phi) is 4.79. The maximum absolute atomic E-state index is 12.1. The number of carboxylic acids is 1. The highest BCUT2D eigenvalue weighted by Gasteiger charge is 2.19. The molecule has 6 nitrogen and oxygen atoms in total. The molecular weight excluding hydrogens is 236 g/mol. The van der Waals surface area contributed by atoms with Gasteiger partial charge in [0.2, 0.25) is 0 Å². The number of hydrogen-bond donors (Lipinski definition) is 2. The highest BCUT2D eigenvalue weighted by atomic mass is 16.4. The second-order valence-corrected chi connectivity index (χ2v) is 4.05. The van der Waals surface area contributed by atoms with E-state index in [-0.39, 0.29) is 36.4 Å². The zero-order valence-corrected chi connectivity index (χ0v) is 10.3. The van der Waals surface area contributed by atoms with Gasteiger partial charge in [-0.15, -0.1) is 0 Å². The molecule has 0 aliphatic carbocycles. The number of rotatable bonds is 5. The van der Waals surface area contributed by atoms with Gasteiger partial charge in [0, 0.05) is 24.3 Å². The summed E-state index contributed by atoms with van der Waals surface area (Å²) in [4.78, 5) is 28.0. The predicted octanol–water partition coefficient (Wildman–Crippen LogP) is 0.623. The van der Waals surface area contributed by atoms with Gasteiger partial charge in [-0.2, -0.15) is 0 Å². The molecule has 0 saturated heterocycles. The summed E-state index contributed by atoms with van der Waals surface area (Å²) in [7, 11) is 0. The molecule has 6 heteroatoms. The average molecular weight is 252 g/mol. The van der Waals surface area contributed by atoms with Gasteiger partial charge < -0.3 is 15.1 Å². The van der Waals surface area contributed by atoms with E-state index in [2.05, 4.69) is 4.98 Å². The van der Waals surface area contributed by atoms with Crippen LogP contribution in [0.25, 0.3) is 0 Å². The maximum atomic E-state index is 12.1. The van der Waals surface area contributed by atoms with Crippen molar-refractivity contribution in [3.63, 3.8) is 0 Å². The first-order chi connectivity index (χ1) is 8.47. The number of pyridine rings is 1. The molecule has 0 aliphatic rings. The van der Waals surface area contributed by atoms with Crippen LogP contribution in [0.15, 0.2) is 18.3 Å². The van der Waals surface area contributed by atoms with Gasteiger partial charge in [-0.25, -0.2) is 9.78 Å². The fourth-order valence-corrected chi connectivity index (χ4v) is 1.55. The lowest BCUT2D eigenvalue weighted by molar-refractivity contribution is 0.0665. The Bertz CT molecular complexity index is 445. The highest BCUT2D eigenvalue weighted by molar-refractivity contribution is 5.96. The lowest BCUT2D eigenvalue weighted by Crippen LogP contribution is -2.39. The van der Waals surface area contributed by atoms with Crippen LogP contribution < -0.4 is 0 Å². The average Bonchev–Trinajstić information content (AvgIpc) is 2.35. The van der Waals surface area contributed by atoms with Crippen molar-refractivity contribution in [1.82, 2.24) is 9.88 Å². The molecule has 0 spiro atoms. The van der Waals surface area contributed by atoms with Crippen LogP contribution in [0, 0.1) is 0 Å². The van der Waals surface area contributed by atoms with E-state index in [1.54, 1.807) is 0 Å². The fourth-order valence-electron chi connectivity index (χ4n) is 1.55. The van der Waals surface area contributed by atoms with Crippen molar-refractivity contribution in [2.24, 2.45) is 0 Å². The Balaban J connectivity index is 3.01. The van der Waals surface area contributed by atoms with Gasteiger partial charge in [0.05, 0.1) is 6.61 Å². The molecule has 1 aromatic rings. The maximum Gasteiger partial charge on any atom is 0.354 e. The van der Waals surface area contributed by atoms with Crippen molar-refractivity contribution in [2.45, 2.75) is 19.9 Å². The lowest BCUT2D eigenvalue weighted by atomic mass is 10.1. The van der Waals surface area contributed by atoms with Crippen molar-refractivity contribution >= 4 is 11.9 Å². The predicted molar refractivity (Wildman–Crippen MR) is 64.5 cm³/mol.